The van der Waals surface area contributed by atoms with Crippen molar-refractivity contribution in [1.82, 2.24) is 15.2 Å². The van der Waals surface area contributed by atoms with Crippen molar-refractivity contribution in [1.29, 1.82) is 0 Å². The van der Waals surface area contributed by atoms with E-state index in [1.54, 1.807) is 0 Å². The molecule has 2 aromatic rings. The number of benzene rings is 1. The minimum absolute atomic E-state index is 0.794. The standard InChI is InChI=1S/C14H19NO.C10H15N3/c16-11-14-3-1-2-13(10-14)5-4-12-6-8-15-9-7-12;1-12-6-8-13(9-7-12)10-4-2-3-5-11-10/h1-3,10-12,15H,4-9H2;2-5H,6-9H2,1H3. The van der Waals surface area contributed by atoms with Crippen LogP contribution in [0.5, 0.6) is 0 Å². The molecule has 5 nitrogen and oxygen atoms in total. The van der Waals surface area contributed by atoms with Crippen molar-refractivity contribution < 1.29 is 4.79 Å². The molecular formula is C24H34N4O. The highest BCUT2D eigenvalue weighted by Gasteiger charge is 2.14. The van der Waals surface area contributed by atoms with Crippen LogP contribution in [0.25, 0.3) is 0 Å². The van der Waals surface area contributed by atoms with Gasteiger partial charge in [0.15, 0.2) is 0 Å². The first-order valence-corrected chi connectivity index (χ1v) is 10.8. The van der Waals surface area contributed by atoms with Gasteiger partial charge in [-0.2, -0.15) is 0 Å². The number of carbonyl (C=O) groups excluding carboxylic acids is 1. The van der Waals surface area contributed by atoms with Gasteiger partial charge in [0.2, 0.25) is 0 Å². The van der Waals surface area contributed by atoms with Crippen molar-refractivity contribution >= 4 is 12.1 Å². The first kappa shape index (κ1) is 21.5. The van der Waals surface area contributed by atoms with Gasteiger partial charge in [-0.25, -0.2) is 4.98 Å². The number of aromatic nitrogens is 1. The number of pyridine rings is 1. The molecule has 1 aromatic carbocycles. The number of likely N-dealkylation sites (N-methyl/N-ethyl adjacent to an activating group) is 1. The third-order valence-electron chi connectivity index (χ3n) is 5.86. The van der Waals surface area contributed by atoms with Gasteiger partial charge in [0, 0.05) is 37.9 Å². The van der Waals surface area contributed by atoms with Gasteiger partial charge in [0.25, 0.3) is 0 Å². The monoisotopic (exact) mass is 394 g/mol. The molecule has 2 fully saturated rings. The predicted octanol–water partition coefficient (Wildman–Crippen LogP) is 3.26. The van der Waals surface area contributed by atoms with Crippen LogP contribution in [0.1, 0.15) is 35.2 Å². The van der Waals surface area contributed by atoms with Crippen molar-refractivity contribution in [3.63, 3.8) is 0 Å². The Morgan fingerprint density at radius 3 is 2.55 bits per heavy atom. The molecule has 2 aliphatic heterocycles. The first-order valence-electron chi connectivity index (χ1n) is 10.8. The lowest BCUT2D eigenvalue weighted by Gasteiger charge is -2.33. The average Bonchev–Trinajstić information content (AvgIpc) is 2.80. The van der Waals surface area contributed by atoms with Gasteiger partial charge in [-0.3, -0.25) is 4.79 Å². The van der Waals surface area contributed by atoms with E-state index < -0.39 is 0 Å². The molecule has 0 saturated carbocycles. The molecule has 29 heavy (non-hydrogen) atoms. The van der Waals surface area contributed by atoms with Crippen molar-refractivity contribution in [3.8, 4) is 0 Å². The number of hydrogen-bond acceptors (Lipinski definition) is 5. The first-order chi connectivity index (χ1) is 14.2. The Bertz CT molecular complexity index is 723. The van der Waals surface area contributed by atoms with E-state index in [1.165, 1.54) is 37.9 Å². The Balaban J connectivity index is 0.000000169. The normalized spacial score (nSPS) is 18.0. The zero-order chi connectivity index (χ0) is 20.3. The van der Waals surface area contributed by atoms with E-state index in [4.69, 9.17) is 0 Å². The van der Waals surface area contributed by atoms with Gasteiger partial charge in [-0.05, 0) is 75.5 Å². The number of hydrogen-bond donors (Lipinski definition) is 1. The summed E-state index contributed by atoms with van der Waals surface area (Å²) in [5, 5.41) is 3.38. The van der Waals surface area contributed by atoms with E-state index in [2.05, 4.69) is 39.3 Å². The number of piperidine rings is 1. The fourth-order valence-electron chi connectivity index (χ4n) is 3.94. The number of piperazine rings is 1. The van der Waals surface area contributed by atoms with Crippen molar-refractivity contribution in [2.75, 3.05) is 51.2 Å². The van der Waals surface area contributed by atoms with Crippen LogP contribution in [0, 0.1) is 5.92 Å². The molecule has 0 spiro atoms. The number of anilines is 1. The van der Waals surface area contributed by atoms with Gasteiger partial charge in [-0.15, -0.1) is 0 Å². The summed E-state index contributed by atoms with van der Waals surface area (Å²) in [6.07, 6.45) is 7.73. The van der Waals surface area contributed by atoms with Crippen LogP contribution in [0.4, 0.5) is 5.82 Å². The molecule has 0 radical (unpaired) electrons. The van der Waals surface area contributed by atoms with Crippen LogP contribution in [-0.2, 0) is 6.42 Å². The number of carbonyl (C=O) groups is 1. The molecule has 0 amide bonds. The molecule has 4 rings (SSSR count). The summed E-state index contributed by atoms with van der Waals surface area (Å²) >= 11 is 0. The summed E-state index contributed by atoms with van der Waals surface area (Å²) in [4.78, 5) is 19.7. The van der Waals surface area contributed by atoms with Crippen LogP contribution in [0.3, 0.4) is 0 Å². The summed E-state index contributed by atoms with van der Waals surface area (Å²) in [7, 11) is 2.16. The van der Waals surface area contributed by atoms with Crippen LogP contribution in [-0.4, -0.2) is 62.5 Å². The third kappa shape index (κ3) is 7.26. The number of nitrogens with zero attached hydrogens (tertiary/aromatic N) is 3. The Kier molecular flexibility index (Phi) is 8.65. The van der Waals surface area contributed by atoms with Crippen LogP contribution < -0.4 is 10.2 Å². The maximum atomic E-state index is 10.7. The lowest BCUT2D eigenvalue weighted by Crippen LogP contribution is -2.44. The summed E-state index contributed by atoms with van der Waals surface area (Å²) < 4.78 is 0. The lowest BCUT2D eigenvalue weighted by atomic mass is 9.91. The van der Waals surface area contributed by atoms with E-state index in [0.717, 1.165) is 56.2 Å². The van der Waals surface area contributed by atoms with Crippen LogP contribution >= 0.6 is 0 Å². The Hall–Kier alpha value is -2.24. The van der Waals surface area contributed by atoms with E-state index in [1.807, 2.05) is 36.5 Å². The fraction of sp³-hybridized carbons (Fsp3) is 0.500. The molecule has 0 aliphatic carbocycles. The molecule has 3 heterocycles. The highest BCUT2D eigenvalue weighted by molar-refractivity contribution is 5.74. The fourth-order valence-corrected chi connectivity index (χ4v) is 3.94. The number of nitrogens with one attached hydrogen (secondary N) is 1. The van der Waals surface area contributed by atoms with E-state index in [0.29, 0.717) is 0 Å². The topological polar surface area (TPSA) is 48.5 Å². The predicted molar refractivity (Wildman–Crippen MR) is 120 cm³/mol. The SMILES string of the molecule is CN1CCN(c2ccccn2)CC1.O=Cc1cccc(CCC2CCNCC2)c1. The second kappa shape index (κ2) is 11.7. The van der Waals surface area contributed by atoms with Gasteiger partial charge in [0.05, 0.1) is 0 Å². The quantitative estimate of drug-likeness (QED) is 0.789. The third-order valence-corrected chi connectivity index (χ3v) is 5.86. The maximum Gasteiger partial charge on any atom is 0.150 e. The molecule has 0 atom stereocenters. The Morgan fingerprint density at radius 2 is 1.86 bits per heavy atom. The summed E-state index contributed by atoms with van der Waals surface area (Å²) in [5.74, 6) is 1.97. The Morgan fingerprint density at radius 1 is 1.07 bits per heavy atom. The van der Waals surface area contributed by atoms with E-state index in [-0.39, 0.29) is 0 Å². The lowest BCUT2D eigenvalue weighted by molar-refractivity contribution is 0.112. The molecular weight excluding hydrogens is 360 g/mol. The molecule has 0 bridgehead atoms. The van der Waals surface area contributed by atoms with Crippen molar-refractivity contribution in [2.24, 2.45) is 5.92 Å². The zero-order valence-electron chi connectivity index (χ0n) is 17.6. The summed E-state index contributed by atoms with van der Waals surface area (Å²) in [6.45, 7) is 6.78. The van der Waals surface area contributed by atoms with Gasteiger partial charge in [-0.1, -0.05) is 24.3 Å². The summed E-state index contributed by atoms with van der Waals surface area (Å²) in [6, 6.07) is 14.0. The van der Waals surface area contributed by atoms with Crippen LogP contribution in [0.15, 0.2) is 48.7 Å². The molecule has 2 saturated heterocycles. The summed E-state index contributed by atoms with van der Waals surface area (Å²) in [5.41, 5.74) is 2.09. The molecule has 156 valence electrons. The van der Waals surface area contributed by atoms with E-state index >= 15 is 0 Å². The number of rotatable bonds is 5. The molecule has 5 heteroatoms. The highest BCUT2D eigenvalue weighted by atomic mass is 16.1. The zero-order valence-corrected chi connectivity index (χ0v) is 17.6. The smallest absolute Gasteiger partial charge is 0.150 e. The highest BCUT2D eigenvalue weighted by Crippen LogP contribution is 2.19. The van der Waals surface area contributed by atoms with E-state index in [9.17, 15) is 4.79 Å². The van der Waals surface area contributed by atoms with Gasteiger partial charge >= 0.3 is 0 Å². The molecule has 2 aliphatic rings. The maximum absolute atomic E-state index is 10.7. The van der Waals surface area contributed by atoms with Crippen LogP contribution in [0.2, 0.25) is 0 Å². The minimum Gasteiger partial charge on any atom is -0.354 e. The van der Waals surface area contributed by atoms with Crippen molar-refractivity contribution in [2.45, 2.75) is 25.7 Å². The van der Waals surface area contributed by atoms with Gasteiger partial charge < -0.3 is 15.1 Å². The largest absolute Gasteiger partial charge is 0.354 e. The minimum atomic E-state index is 0.794. The number of aldehydes is 1. The average molecular weight is 395 g/mol. The second-order valence-corrected chi connectivity index (χ2v) is 8.07. The molecule has 0 unspecified atom stereocenters. The molecule has 1 N–H and O–H groups in total. The molecule has 1 aromatic heterocycles. The van der Waals surface area contributed by atoms with Crippen molar-refractivity contribution in [3.05, 3.63) is 59.8 Å². The Labute approximate surface area is 175 Å². The second-order valence-electron chi connectivity index (χ2n) is 8.07. The number of aryl methyl sites for hydroxylation is 1. The van der Waals surface area contributed by atoms with Gasteiger partial charge in [0.1, 0.15) is 12.1 Å².